The van der Waals surface area contributed by atoms with Gasteiger partial charge < -0.3 is 5.32 Å². The summed E-state index contributed by atoms with van der Waals surface area (Å²) in [6.45, 7) is 9.88. The smallest absolute Gasteiger partial charge is 0.0391 e. The van der Waals surface area contributed by atoms with Crippen LogP contribution in [0.5, 0.6) is 0 Å². The summed E-state index contributed by atoms with van der Waals surface area (Å²) in [4.78, 5) is 0. The molecule has 0 radical (unpaired) electrons. The molecule has 0 aromatic heterocycles. The lowest BCUT2D eigenvalue weighted by atomic mass is 10.0. The lowest BCUT2D eigenvalue weighted by molar-refractivity contribution is 0.394. The standard InChI is InChI=1S/C14H31NOS/c1-5-8-9-11-17(16)12-14(13(4)7-3)15-10-6-2/h13-15H,5-12H2,1-4H3. The zero-order chi connectivity index (χ0) is 13.1. The zero-order valence-corrected chi connectivity index (χ0v) is 12.9. The van der Waals surface area contributed by atoms with E-state index < -0.39 is 10.8 Å². The first-order valence-electron chi connectivity index (χ1n) is 7.23. The van der Waals surface area contributed by atoms with Crippen LogP contribution < -0.4 is 5.32 Å². The molecule has 3 atom stereocenters. The molecule has 2 nitrogen and oxygen atoms in total. The molecule has 104 valence electrons. The summed E-state index contributed by atoms with van der Waals surface area (Å²) >= 11 is 0. The van der Waals surface area contributed by atoms with E-state index >= 15 is 0 Å². The Morgan fingerprint density at radius 3 is 2.35 bits per heavy atom. The average Bonchev–Trinajstić information content (AvgIpc) is 2.33. The van der Waals surface area contributed by atoms with Crippen LogP contribution in [-0.4, -0.2) is 28.3 Å². The lowest BCUT2D eigenvalue weighted by Gasteiger charge is -2.24. The first-order valence-corrected chi connectivity index (χ1v) is 8.72. The van der Waals surface area contributed by atoms with E-state index in [0.717, 1.165) is 37.3 Å². The molecule has 0 saturated carbocycles. The number of rotatable bonds is 11. The largest absolute Gasteiger partial charge is 0.313 e. The van der Waals surface area contributed by atoms with Crippen molar-refractivity contribution in [2.24, 2.45) is 5.92 Å². The Kier molecular flexibility index (Phi) is 11.3. The second kappa shape index (κ2) is 11.2. The van der Waals surface area contributed by atoms with Crippen molar-refractivity contribution in [1.82, 2.24) is 5.32 Å². The van der Waals surface area contributed by atoms with Crippen molar-refractivity contribution in [1.29, 1.82) is 0 Å². The first kappa shape index (κ1) is 17.1. The van der Waals surface area contributed by atoms with Crippen LogP contribution in [0.15, 0.2) is 0 Å². The Labute approximate surface area is 110 Å². The molecule has 1 N–H and O–H groups in total. The van der Waals surface area contributed by atoms with Crippen LogP contribution in [0.4, 0.5) is 0 Å². The summed E-state index contributed by atoms with van der Waals surface area (Å²) in [5.74, 6) is 2.34. The van der Waals surface area contributed by atoms with E-state index in [4.69, 9.17) is 0 Å². The van der Waals surface area contributed by atoms with Crippen molar-refractivity contribution in [3.05, 3.63) is 0 Å². The highest BCUT2D eigenvalue weighted by Gasteiger charge is 2.17. The molecule has 0 rings (SSSR count). The minimum absolute atomic E-state index is 0.433. The molecule has 0 aliphatic heterocycles. The zero-order valence-electron chi connectivity index (χ0n) is 12.1. The molecule has 0 aromatic rings. The quantitative estimate of drug-likeness (QED) is 0.578. The number of hydrogen-bond acceptors (Lipinski definition) is 2. The van der Waals surface area contributed by atoms with Gasteiger partial charge in [-0.25, -0.2) is 0 Å². The van der Waals surface area contributed by atoms with Gasteiger partial charge in [0.25, 0.3) is 0 Å². The second-order valence-corrected chi connectivity index (χ2v) is 6.59. The number of unbranched alkanes of at least 4 members (excludes halogenated alkanes) is 2. The van der Waals surface area contributed by atoms with Crippen molar-refractivity contribution in [3.8, 4) is 0 Å². The van der Waals surface area contributed by atoms with Gasteiger partial charge in [-0.1, -0.05) is 47.0 Å². The lowest BCUT2D eigenvalue weighted by Crippen LogP contribution is -2.40. The van der Waals surface area contributed by atoms with Crippen molar-refractivity contribution >= 4 is 10.8 Å². The minimum Gasteiger partial charge on any atom is -0.313 e. The minimum atomic E-state index is -0.640. The number of nitrogens with one attached hydrogen (secondary N) is 1. The summed E-state index contributed by atoms with van der Waals surface area (Å²) in [6.07, 6.45) is 5.84. The Morgan fingerprint density at radius 2 is 1.82 bits per heavy atom. The van der Waals surface area contributed by atoms with E-state index in [1.807, 2.05) is 0 Å². The van der Waals surface area contributed by atoms with Gasteiger partial charge in [-0.15, -0.1) is 0 Å². The Morgan fingerprint density at radius 1 is 1.12 bits per heavy atom. The van der Waals surface area contributed by atoms with Crippen molar-refractivity contribution in [3.63, 3.8) is 0 Å². The Balaban J connectivity index is 3.99. The molecular weight excluding hydrogens is 230 g/mol. The van der Waals surface area contributed by atoms with Crippen LogP contribution in [0.2, 0.25) is 0 Å². The van der Waals surface area contributed by atoms with Crippen LogP contribution in [-0.2, 0) is 10.8 Å². The molecule has 0 aliphatic carbocycles. The van der Waals surface area contributed by atoms with Gasteiger partial charge in [0, 0.05) is 28.3 Å². The van der Waals surface area contributed by atoms with Crippen molar-refractivity contribution < 1.29 is 4.21 Å². The third-order valence-electron chi connectivity index (χ3n) is 3.33. The van der Waals surface area contributed by atoms with Gasteiger partial charge in [0.15, 0.2) is 0 Å². The fraction of sp³-hybridized carbons (Fsp3) is 1.00. The molecule has 0 bridgehead atoms. The molecule has 3 heteroatoms. The topological polar surface area (TPSA) is 29.1 Å². The summed E-state index contributed by atoms with van der Waals surface area (Å²) in [7, 11) is -0.640. The maximum atomic E-state index is 12.0. The molecule has 0 amide bonds. The monoisotopic (exact) mass is 261 g/mol. The molecule has 3 unspecified atom stereocenters. The van der Waals surface area contributed by atoms with Gasteiger partial charge in [-0.3, -0.25) is 4.21 Å². The van der Waals surface area contributed by atoms with Crippen LogP contribution >= 0.6 is 0 Å². The molecule has 0 spiro atoms. The Hall–Kier alpha value is 0.110. The van der Waals surface area contributed by atoms with Gasteiger partial charge in [0.2, 0.25) is 0 Å². The highest BCUT2D eigenvalue weighted by atomic mass is 32.2. The molecule has 0 fully saturated rings. The average molecular weight is 261 g/mol. The highest BCUT2D eigenvalue weighted by Crippen LogP contribution is 2.10. The first-order chi connectivity index (χ1) is 8.15. The maximum Gasteiger partial charge on any atom is 0.0391 e. The summed E-state index contributed by atoms with van der Waals surface area (Å²) < 4.78 is 12.0. The van der Waals surface area contributed by atoms with E-state index in [2.05, 4.69) is 33.0 Å². The Bertz CT molecular complexity index is 197. The molecule has 0 aromatic carbocycles. The molecule has 17 heavy (non-hydrogen) atoms. The van der Waals surface area contributed by atoms with E-state index in [-0.39, 0.29) is 0 Å². The van der Waals surface area contributed by atoms with Gasteiger partial charge in [-0.05, 0) is 25.3 Å². The summed E-state index contributed by atoms with van der Waals surface area (Å²) in [5.41, 5.74) is 0. The van der Waals surface area contributed by atoms with Gasteiger partial charge in [-0.2, -0.15) is 0 Å². The van der Waals surface area contributed by atoms with Crippen molar-refractivity contribution in [2.45, 2.75) is 65.8 Å². The fourth-order valence-electron chi connectivity index (χ4n) is 1.84. The third-order valence-corrected chi connectivity index (χ3v) is 4.80. The van der Waals surface area contributed by atoms with E-state index in [1.165, 1.54) is 12.8 Å². The molecular formula is C14H31NOS. The fourth-order valence-corrected chi connectivity index (χ4v) is 3.37. The predicted octanol–water partition coefficient (Wildman–Crippen LogP) is 3.34. The van der Waals surface area contributed by atoms with E-state index in [1.54, 1.807) is 0 Å². The summed E-state index contributed by atoms with van der Waals surface area (Å²) in [5, 5.41) is 3.55. The molecule has 0 aliphatic rings. The second-order valence-electron chi connectivity index (χ2n) is 4.96. The predicted molar refractivity (Wildman–Crippen MR) is 78.9 cm³/mol. The summed E-state index contributed by atoms with van der Waals surface area (Å²) in [6, 6.07) is 0.433. The maximum absolute atomic E-state index is 12.0. The van der Waals surface area contributed by atoms with Gasteiger partial charge in [0.1, 0.15) is 0 Å². The van der Waals surface area contributed by atoms with E-state index in [0.29, 0.717) is 12.0 Å². The highest BCUT2D eigenvalue weighted by molar-refractivity contribution is 7.85. The number of hydrogen-bond donors (Lipinski definition) is 1. The van der Waals surface area contributed by atoms with E-state index in [9.17, 15) is 4.21 Å². The van der Waals surface area contributed by atoms with Crippen LogP contribution in [0.3, 0.4) is 0 Å². The van der Waals surface area contributed by atoms with Gasteiger partial charge in [0.05, 0.1) is 0 Å². The van der Waals surface area contributed by atoms with Crippen LogP contribution in [0, 0.1) is 5.92 Å². The SMILES string of the molecule is CCCCCS(=O)CC(NCCC)C(C)CC. The van der Waals surface area contributed by atoms with Crippen LogP contribution in [0.1, 0.15) is 59.8 Å². The van der Waals surface area contributed by atoms with Crippen molar-refractivity contribution in [2.75, 3.05) is 18.1 Å². The molecule has 0 heterocycles. The van der Waals surface area contributed by atoms with Gasteiger partial charge >= 0.3 is 0 Å². The molecule has 0 saturated heterocycles. The normalized spacial score (nSPS) is 16.7. The third kappa shape index (κ3) is 8.78. The van der Waals surface area contributed by atoms with Crippen LogP contribution in [0.25, 0.3) is 0 Å².